The van der Waals surface area contributed by atoms with Gasteiger partial charge in [-0.3, -0.25) is 0 Å². The van der Waals surface area contributed by atoms with Gasteiger partial charge in [0.25, 0.3) is 0 Å². The van der Waals surface area contributed by atoms with Gasteiger partial charge in [-0.1, -0.05) is 6.92 Å². The summed E-state index contributed by atoms with van der Waals surface area (Å²) < 4.78 is 0. The van der Waals surface area contributed by atoms with Gasteiger partial charge >= 0.3 is 0 Å². The lowest BCUT2D eigenvalue weighted by Crippen LogP contribution is -2.64. The molecule has 2 fully saturated rings. The van der Waals surface area contributed by atoms with E-state index in [0.717, 1.165) is 6.42 Å². The molecule has 0 aromatic rings. The highest BCUT2D eigenvalue weighted by Crippen LogP contribution is 2.56. The molecule has 0 saturated heterocycles. The summed E-state index contributed by atoms with van der Waals surface area (Å²) in [5.41, 5.74) is -2.43. The van der Waals surface area contributed by atoms with E-state index in [1.54, 1.807) is 20.8 Å². The van der Waals surface area contributed by atoms with E-state index in [9.17, 15) is 20.4 Å². The van der Waals surface area contributed by atoms with Crippen LogP contribution >= 0.6 is 0 Å². The first kappa shape index (κ1) is 15.2. The minimum Gasteiger partial charge on any atom is -0.393 e. The van der Waals surface area contributed by atoms with Crippen molar-refractivity contribution in [3.63, 3.8) is 0 Å². The van der Waals surface area contributed by atoms with Gasteiger partial charge in [-0.05, 0) is 46.5 Å². The molecule has 0 aliphatic heterocycles. The summed E-state index contributed by atoms with van der Waals surface area (Å²) in [6.45, 7) is 7.12. The van der Waals surface area contributed by atoms with E-state index in [1.807, 2.05) is 6.92 Å². The number of fused-ring (bicyclic) bond motifs is 1. The summed E-state index contributed by atoms with van der Waals surface area (Å²) in [5.74, 6) is -0.656. The molecule has 4 N–H and O–H groups in total. The topological polar surface area (TPSA) is 80.9 Å². The molecular weight excluding hydrogens is 244 g/mol. The first-order valence-electron chi connectivity index (χ1n) is 7.31. The van der Waals surface area contributed by atoms with Crippen LogP contribution in [0.4, 0.5) is 0 Å². The summed E-state index contributed by atoms with van der Waals surface area (Å²) in [6.07, 6.45) is 1.17. The van der Waals surface area contributed by atoms with E-state index in [1.165, 1.54) is 0 Å². The molecule has 2 aliphatic rings. The maximum Gasteiger partial charge on any atom is 0.0679 e. The Morgan fingerprint density at radius 3 is 2.16 bits per heavy atom. The molecule has 0 radical (unpaired) electrons. The zero-order valence-corrected chi connectivity index (χ0v) is 12.4. The Labute approximate surface area is 115 Å². The van der Waals surface area contributed by atoms with E-state index < -0.39 is 34.7 Å². The van der Waals surface area contributed by atoms with Crippen molar-refractivity contribution in [1.29, 1.82) is 0 Å². The second kappa shape index (κ2) is 4.42. The molecule has 4 heteroatoms. The molecule has 2 aliphatic carbocycles. The Morgan fingerprint density at radius 2 is 1.63 bits per heavy atom. The lowest BCUT2D eigenvalue weighted by molar-refractivity contribution is -0.232. The van der Waals surface area contributed by atoms with Crippen molar-refractivity contribution in [2.45, 2.75) is 76.8 Å². The number of aliphatic hydroxyl groups excluding tert-OH is 2. The van der Waals surface area contributed by atoms with Crippen LogP contribution in [0.2, 0.25) is 0 Å². The minimum absolute atomic E-state index is 0.262. The van der Waals surface area contributed by atoms with Gasteiger partial charge in [-0.15, -0.1) is 0 Å². The van der Waals surface area contributed by atoms with Crippen molar-refractivity contribution in [1.82, 2.24) is 0 Å². The van der Waals surface area contributed by atoms with Crippen molar-refractivity contribution in [2.24, 2.45) is 17.3 Å². The molecule has 4 nitrogen and oxygen atoms in total. The second-order valence-corrected chi connectivity index (χ2v) is 7.68. The third-order valence-electron chi connectivity index (χ3n) is 5.72. The van der Waals surface area contributed by atoms with Crippen LogP contribution in [0.3, 0.4) is 0 Å². The van der Waals surface area contributed by atoms with E-state index in [0.29, 0.717) is 19.3 Å². The number of hydrogen-bond donors (Lipinski definition) is 4. The molecule has 2 saturated carbocycles. The molecule has 112 valence electrons. The fourth-order valence-corrected chi connectivity index (χ4v) is 4.55. The van der Waals surface area contributed by atoms with Crippen molar-refractivity contribution in [3.8, 4) is 0 Å². The first-order valence-corrected chi connectivity index (χ1v) is 7.31. The zero-order chi connectivity index (χ0) is 14.6. The lowest BCUT2D eigenvalue weighted by atomic mass is 9.50. The maximum atomic E-state index is 10.7. The van der Waals surface area contributed by atoms with Crippen molar-refractivity contribution in [3.05, 3.63) is 0 Å². The first-order chi connectivity index (χ1) is 8.50. The largest absolute Gasteiger partial charge is 0.393 e. The van der Waals surface area contributed by atoms with Crippen LogP contribution in [0.25, 0.3) is 0 Å². The highest BCUT2D eigenvalue weighted by atomic mass is 16.3. The normalized spacial score (nSPS) is 51.8. The summed E-state index contributed by atoms with van der Waals surface area (Å²) in [5, 5.41) is 41.9. The molecule has 0 amide bonds. The fourth-order valence-electron chi connectivity index (χ4n) is 4.55. The Morgan fingerprint density at radius 1 is 1.05 bits per heavy atom. The molecule has 6 atom stereocenters. The van der Waals surface area contributed by atoms with Gasteiger partial charge in [0.05, 0.1) is 23.4 Å². The summed E-state index contributed by atoms with van der Waals surface area (Å²) in [4.78, 5) is 0. The van der Waals surface area contributed by atoms with Gasteiger partial charge in [-0.2, -0.15) is 0 Å². The highest BCUT2D eigenvalue weighted by molar-refractivity contribution is 5.10. The maximum absolute atomic E-state index is 10.7. The van der Waals surface area contributed by atoms with Crippen LogP contribution in [0, 0.1) is 17.3 Å². The number of rotatable bonds is 1. The molecule has 0 aromatic carbocycles. The van der Waals surface area contributed by atoms with Crippen LogP contribution < -0.4 is 0 Å². The molecule has 0 heterocycles. The number of aliphatic hydroxyl groups is 4. The molecule has 19 heavy (non-hydrogen) atoms. The number of hydrogen-bond acceptors (Lipinski definition) is 4. The molecule has 0 aromatic heterocycles. The SMILES string of the molecule is CC(C)(O)[C@@H]1CC[C@@]2(C)[C@H](O)CC[C@](C)(O)[C@@H]2[C@H]1O. The van der Waals surface area contributed by atoms with Crippen LogP contribution in [0.15, 0.2) is 0 Å². The van der Waals surface area contributed by atoms with Crippen molar-refractivity contribution < 1.29 is 20.4 Å². The van der Waals surface area contributed by atoms with Crippen molar-refractivity contribution >= 4 is 0 Å². The molecule has 0 bridgehead atoms. The zero-order valence-electron chi connectivity index (χ0n) is 12.4. The van der Waals surface area contributed by atoms with Gasteiger partial charge in [-0.25, -0.2) is 0 Å². The van der Waals surface area contributed by atoms with Crippen LogP contribution in [-0.2, 0) is 0 Å². The van der Waals surface area contributed by atoms with Crippen LogP contribution in [0.5, 0.6) is 0 Å². The molecular formula is C15H28O4. The average Bonchev–Trinajstić information content (AvgIpc) is 2.22. The average molecular weight is 272 g/mol. The van der Waals surface area contributed by atoms with Gasteiger partial charge in [0.1, 0.15) is 0 Å². The molecule has 0 spiro atoms. The lowest BCUT2D eigenvalue weighted by Gasteiger charge is -2.59. The fraction of sp³-hybridized carbons (Fsp3) is 1.00. The van der Waals surface area contributed by atoms with E-state index in [4.69, 9.17) is 0 Å². The standard InChI is InChI=1S/C15H28O4/c1-13(2,18)9-5-7-14(3)10(16)6-8-15(4,19)12(14)11(9)17/h9-12,16-19H,5-8H2,1-4H3/t9-,10-,11+,12-,14+,15+/m1/s1. The third kappa shape index (κ3) is 2.33. The molecule has 0 unspecified atom stereocenters. The molecule has 2 rings (SSSR count). The Kier molecular flexibility index (Phi) is 3.54. The van der Waals surface area contributed by atoms with Gasteiger partial charge in [0, 0.05) is 17.3 Å². The monoisotopic (exact) mass is 272 g/mol. The van der Waals surface area contributed by atoms with Crippen LogP contribution in [-0.4, -0.2) is 43.8 Å². The summed E-state index contributed by atoms with van der Waals surface area (Å²) in [6, 6.07) is 0. The van der Waals surface area contributed by atoms with E-state index in [-0.39, 0.29) is 5.92 Å². The second-order valence-electron chi connectivity index (χ2n) is 7.68. The van der Waals surface area contributed by atoms with Gasteiger partial charge in [0.15, 0.2) is 0 Å². The Hall–Kier alpha value is -0.160. The summed E-state index contributed by atoms with van der Waals surface area (Å²) in [7, 11) is 0. The van der Waals surface area contributed by atoms with Crippen molar-refractivity contribution in [2.75, 3.05) is 0 Å². The van der Waals surface area contributed by atoms with Crippen LogP contribution in [0.1, 0.15) is 53.4 Å². The van der Waals surface area contributed by atoms with Gasteiger partial charge < -0.3 is 20.4 Å². The van der Waals surface area contributed by atoms with E-state index >= 15 is 0 Å². The smallest absolute Gasteiger partial charge is 0.0679 e. The highest BCUT2D eigenvalue weighted by Gasteiger charge is 2.60. The quantitative estimate of drug-likeness (QED) is 0.575. The Balaban J connectivity index is 2.37. The predicted octanol–water partition coefficient (Wildman–Crippen LogP) is 1.06. The Bertz CT molecular complexity index is 347. The minimum atomic E-state index is -0.989. The predicted molar refractivity (Wildman–Crippen MR) is 72.5 cm³/mol. The van der Waals surface area contributed by atoms with Gasteiger partial charge in [0.2, 0.25) is 0 Å². The van der Waals surface area contributed by atoms with E-state index in [2.05, 4.69) is 0 Å². The summed E-state index contributed by atoms with van der Waals surface area (Å²) >= 11 is 0. The third-order valence-corrected chi connectivity index (χ3v) is 5.72.